The SMILES string of the molecule is CS(=O)(=O)/C(C#N)=C/c1cc(Cc2ccc3c(c2)OCO3)ccc1OC(F)(F)F. The summed E-state index contributed by atoms with van der Waals surface area (Å²) in [6.07, 6.45) is -2.99. The molecule has 2 aromatic carbocycles. The van der Waals surface area contributed by atoms with Crippen LogP contribution in [-0.4, -0.2) is 27.8 Å². The van der Waals surface area contributed by atoms with Crippen molar-refractivity contribution in [1.82, 2.24) is 0 Å². The number of fused-ring (bicyclic) bond motifs is 1. The van der Waals surface area contributed by atoms with E-state index in [1.165, 1.54) is 18.2 Å². The van der Waals surface area contributed by atoms with Crippen molar-refractivity contribution in [1.29, 1.82) is 5.26 Å². The average molecular weight is 425 g/mol. The zero-order valence-corrected chi connectivity index (χ0v) is 15.8. The number of sulfone groups is 1. The molecule has 0 fully saturated rings. The van der Waals surface area contributed by atoms with Crippen LogP contribution in [0.25, 0.3) is 6.08 Å². The molecule has 0 aliphatic carbocycles. The molecule has 0 atom stereocenters. The summed E-state index contributed by atoms with van der Waals surface area (Å²) in [5.41, 5.74) is 1.20. The minimum Gasteiger partial charge on any atom is -0.454 e. The van der Waals surface area contributed by atoms with E-state index < -0.39 is 26.9 Å². The highest BCUT2D eigenvalue weighted by Crippen LogP contribution is 2.34. The Balaban J connectivity index is 2.00. The van der Waals surface area contributed by atoms with Gasteiger partial charge in [-0.05, 0) is 47.9 Å². The standard InChI is InChI=1S/C19H14F3NO5S/c1-29(24,25)15(10-23)9-14-7-12(2-4-16(14)28-19(20,21)22)6-13-3-5-17-18(8-13)27-11-26-17/h2-5,7-9H,6,11H2,1H3/b15-9+. The number of hydrogen-bond donors (Lipinski definition) is 0. The quantitative estimate of drug-likeness (QED) is 0.678. The average Bonchev–Trinajstić information content (AvgIpc) is 3.07. The molecule has 0 radical (unpaired) electrons. The van der Waals surface area contributed by atoms with Gasteiger partial charge in [0.1, 0.15) is 16.7 Å². The summed E-state index contributed by atoms with van der Waals surface area (Å²) < 4.78 is 75.9. The van der Waals surface area contributed by atoms with Crippen molar-refractivity contribution in [3.05, 3.63) is 58.0 Å². The first-order valence-electron chi connectivity index (χ1n) is 8.14. The first-order valence-corrected chi connectivity index (χ1v) is 10.0. The molecule has 29 heavy (non-hydrogen) atoms. The van der Waals surface area contributed by atoms with Crippen LogP contribution in [0.1, 0.15) is 16.7 Å². The van der Waals surface area contributed by atoms with Crippen LogP contribution < -0.4 is 14.2 Å². The Morgan fingerprint density at radius 3 is 2.48 bits per heavy atom. The number of halogens is 3. The highest BCUT2D eigenvalue weighted by Gasteiger charge is 2.32. The van der Waals surface area contributed by atoms with E-state index in [0.717, 1.165) is 24.0 Å². The summed E-state index contributed by atoms with van der Waals surface area (Å²) in [7, 11) is -3.92. The summed E-state index contributed by atoms with van der Waals surface area (Å²) >= 11 is 0. The number of ether oxygens (including phenoxy) is 3. The molecule has 0 spiro atoms. The fourth-order valence-corrected chi connectivity index (χ4v) is 3.20. The highest BCUT2D eigenvalue weighted by molar-refractivity contribution is 7.95. The van der Waals surface area contributed by atoms with E-state index >= 15 is 0 Å². The van der Waals surface area contributed by atoms with Gasteiger partial charge in [-0.25, -0.2) is 8.42 Å². The molecular weight excluding hydrogens is 411 g/mol. The molecule has 0 unspecified atom stereocenters. The third kappa shape index (κ3) is 5.20. The lowest BCUT2D eigenvalue weighted by Gasteiger charge is -2.13. The molecule has 0 N–H and O–H groups in total. The van der Waals surface area contributed by atoms with E-state index in [2.05, 4.69) is 4.74 Å². The fraction of sp³-hybridized carbons (Fsp3) is 0.211. The summed E-state index contributed by atoms with van der Waals surface area (Å²) in [4.78, 5) is -0.676. The number of alkyl halides is 3. The Kier molecular flexibility index (Phi) is 5.44. The summed E-state index contributed by atoms with van der Waals surface area (Å²) in [6, 6.07) is 10.6. The predicted octanol–water partition coefficient (Wildman–Crippen LogP) is 3.81. The summed E-state index contributed by atoms with van der Waals surface area (Å²) in [5.74, 6) is 0.546. The van der Waals surface area contributed by atoms with Crippen molar-refractivity contribution in [2.24, 2.45) is 0 Å². The van der Waals surface area contributed by atoms with Crippen molar-refractivity contribution in [3.8, 4) is 23.3 Å². The van der Waals surface area contributed by atoms with Crippen LogP contribution in [0.3, 0.4) is 0 Å². The van der Waals surface area contributed by atoms with E-state index in [-0.39, 0.29) is 12.4 Å². The Morgan fingerprint density at radius 1 is 1.17 bits per heavy atom. The zero-order valence-electron chi connectivity index (χ0n) is 15.0. The van der Waals surface area contributed by atoms with E-state index in [1.807, 2.05) is 0 Å². The topological polar surface area (TPSA) is 85.6 Å². The first-order chi connectivity index (χ1) is 13.5. The van der Waals surface area contributed by atoms with Crippen molar-refractivity contribution >= 4 is 15.9 Å². The van der Waals surface area contributed by atoms with Gasteiger partial charge < -0.3 is 14.2 Å². The normalized spacial score (nSPS) is 13.8. The van der Waals surface area contributed by atoms with Crippen LogP contribution in [-0.2, 0) is 16.3 Å². The molecule has 0 amide bonds. The largest absolute Gasteiger partial charge is 0.573 e. The number of benzene rings is 2. The maximum absolute atomic E-state index is 12.7. The summed E-state index contributed by atoms with van der Waals surface area (Å²) in [6.45, 7) is 0.111. The highest BCUT2D eigenvalue weighted by atomic mass is 32.2. The number of rotatable bonds is 5. The van der Waals surface area contributed by atoms with Crippen LogP contribution in [0, 0.1) is 11.3 Å². The molecule has 1 aliphatic rings. The van der Waals surface area contributed by atoms with Gasteiger partial charge in [-0.3, -0.25) is 0 Å². The van der Waals surface area contributed by atoms with E-state index in [0.29, 0.717) is 23.5 Å². The minimum absolute atomic E-state index is 0.111. The van der Waals surface area contributed by atoms with Crippen LogP contribution in [0.2, 0.25) is 0 Å². The first kappa shape index (κ1) is 20.5. The van der Waals surface area contributed by atoms with Crippen molar-refractivity contribution < 1.29 is 35.8 Å². The van der Waals surface area contributed by atoms with E-state index in [4.69, 9.17) is 14.7 Å². The van der Waals surface area contributed by atoms with Crippen molar-refractivity contribution in [2.45, 2.75) is 12.8 Å². The van der Waals surface area contributed by atoms with Crippen LogP contribution >= 0.6 is 0 Å². The molecule has 0 saturated carbocycles. The Labute approximate surface area is 164 Å². The van der Waals surface area contributed by atoms with Gasteiger partial charge in [-0.1, -0.05) is 12.1 Å². The predicted molar refractivity (Wildman–Crippen MR) is 96.9 cm³/mol. The maximum atomic E-state index is 12.7. The second-order valence-electron chi connectivity index (χ2n) is 6.18. The van der Waals surface area contributed by atoms with Gasteiger partial charge >= 0.3 is 6.36 Å². The van der Waals surface area contributed by atoms with Gasteiger partial charge in [0.05, 0.1) is 0 Å². The number of hydrogen-bond acceptors (Lipinski definition) is 6. The van der Waals surface area contributed by atoms with Gasteiger partial charge in [0.2, 0.25) is 6.79 Å². The molecule has 6 nitrogen and oxygen atoms in total. The molecular formula is C19H14F3NO5S. The molecule has 0 bridgehead atoms. The molecule has 0 aromatic heterocycles. The van der Waals surface area contributed by atoms with Crippen molar-refractivity contribution in [2.75, 3.05) is 13.0 Å². The number of nitrogens with zero attached hydrogens (tertiary/aromatic N) is 1. The molecule has 1 aliphatic heterocycles. The smallest absolute Gasteiger partial charge is 0.454 e. The van der Waals surface area contributed by atoms with Gasteiger partial charge in [0.15, 0.2) is 21.3 Å². The Hall–Kier alpha value is -3.19. The third-order valence-corrected chi connectivity index (χ3v) is 4.95. The van der Waals surface area contributed by atoms with Gasteiger partial charge in [0, 0.05) is 11.8 Å². The van der Waals surface area contributed by atoms with Gasteiger partial charge in [-0.15, -0.1) is 13.2 Å². The maximum Gasteiger partial charge on any atom is 0.573 e. The monoisotopic (exact) mass is 425 g/mol. The molecule has 152 valence electrons. The van der Waals surface area contributed by atoms with Gasteiger partial charge in [0.25, 0.3) is 0 Å². The Bertz CT molecular complexity index is 1120. The van der Waals surface area contributed by atoms with E-state index in [1.54, 1.807) is 18.2 Å². The second kappa shape index (κ2) is 7.67. The van der Waals surface area contributed by atoms with Crippen LogP contribution in [0.15, 0.2) is 41.3 Å². The molecule has 0 saturated heterocycles. The number of allylic oxidation sites excluding steroid dienone is 1. The lowest BCUT2D eigenvalue weighted by molar-refractivity contribution is -0.274. The zero-order chi connectivity index (χ0) is 21.2. The molecule has 3 rings (SSSR count). The van der Waals surface area contributed by atoms with Crippen molar-refractivity contribution in [3.63, 3.8) is 0 Å². The molecule has 1 heterocycles. The van der Waals surface area contributed by atoms with E-state index in [9.17, 15) is 21.6 Å². The lowest BCUT2D eigenvalue weighted by atomic mass is 10.0. The van der Waals surface area contributed by atoms with Crippen LogP contribution in [0.5, 0.6) is 17.2 Å². The number of nitriles is 1. The summed E-state index contributed by atoms with van der Waals surface area (Å²) in [5, 5.41) is 9.05. The molecule has 2 aromatic rings. The minimum atomic E-state index is -4.97. The third-order valence-electron chi connectivity index (χ3n) is 3.94. The Morgan fingerprint density at radius 2 is 1.83 bits per heavy atom. The second-order valence-corrected chi connectivity index (χ2v) is 8.16. The van der Waals surface area contributed by atoms with Crippen LogP contribution in [0.4, 0.5) is 13.2 Å². The lowest BCUT2D eigenvalue weighted by Crippen LogP contribution is -2.18. The molecule has 10 heteroatoms. The van der Waals surface area contributed by atoms with Gasteiger partial charge in [-0.2, -0.15) is 5.26 Å². The fourth-order valence-electron chi connectivity index (χ4n) is 2.69.